The van der Waals surface area contributed by atoms with Crippen molar-refractivity contribution in [3.8, 4) is 0 Å². The van der Waals surface area contributed by atoms with Crippen LogP contribution in [-0.4, -0.2) is 11.0 Å². The third-order valence-corrected chi connectivity index (χ3v) is 2.10. The second-order valence-corrected chi connectivity index (χ2v) is 3.56. The molecule has 5 heteroatoms. The molecule has 0 fully saturated rings. The Balaban J connectivity index is 2.83. The Hall–Kier alpha value is -1.49. The standard InChI is InChI=1S/C10H13FN2O2/c1-7(12)2-3-8-4-5-9(11)10(6-8)13(14)15/h4-7H,2-3,12H2,1H3. The monoisotopic (exact) mass is 212 g/mol. The summed E-state index contributed by atoms with van der Waals surface area (Å²) in [6, 6.07) is 3.96. The van der Waals surface area contributed by atoms with E-state index >= 15 is 0 Å². The fraction of sp³-hybridized carbons (Fsp3) is 0.400. The summed E-state index contributed by atoms with van der Waals surface area (Å²) < 4.78 is 13.0. The van der Waals surface area contributed by atoms with Crippen LogP contribution < -0.4 is 5.73 Å². The lowest BCUT2D eigenvalue weighted by atomic mass is 10.1. The van der Waals surface area contributed by atoms with Gasteiger partial charge in [-0.05, 0) is 31.4 Å². The molecule has 0 aromatic heterocycles. The van der Waals surface area contributed by atoms with Crippen molar-refractivity contribution in [2.24, 2.45) is 5.73 Å². The molecule has 2 N–H and O–H groups in total. The molecule has 15 heavy (non-hydrogen) atoms. The van der Waals surface area contributed by atoms with Crippen molar-refractivity contribution in [3.05, 3.63) is 39.7 Å². The molecule has 0 saturated heterocycles. The van der Waals surface area contributed by atoms with Gasteiger partial charge in [-0.1, -0.05) is 6.07 Å². The maximum atomic E-state index is 13.0. The molecule has 0 amide bonds. The minimum Gasteiger partial charge on any atom is -0.328 e. The van der Waals surface area contributed by atoms with E-state index in [9.17, 15) is 14.5 Å². The van der Waals surface area contributed by atoms with Crippen LogP contribution in [0.2, 0.25) is 0 Å². The van der Waals surface area contributed by atoms with Crippen molar-refractivity contribution < 1.29 is 9.31 Å². The maximum absolute atomic E-state index is 13.0. The smallest absolute Gasteiger partial charge is 0.305 e. The summed E-state index contributed by atoms with van der Waals surface area (Å²) >= 11 is 0. The molecule has 1 aromatic rings. The van der Waals surface area contributed by atoms with Crippen molar-refractivity contribution in [3.63, 3.8) is 0 Å². The molecular formula is C10H13FN2O2. The van der Waals surface area contributed by atoms with Crippen LogP contribution in [0.5, 0.6) is 0 Å². The van der Waals surface area contributed by atoms with E-state index in [1.807, 2.05) is 6.92 Å². The fourth-order valence-corrected chi connectivity index (χ4v) is 1.25. The third-order valence-electron chi connectivity index (χ3n) is 2.10. The molecule has 1 unspecified atom stereocenters. The Morgan fingerprint density at radius 2 is 2.27 bits per heavy atom. The number of nitrogens with two attached hydrogens (primary N) is 1. The van der Waals surface area contributed by atoms with Gasteiger partial charge >= 0.3 is 5.69 Å². The normalized spacial score (nSPS) is 12.5. The lowest BCUT2D eigenvalue weighted by Crippen LogP contribution is -2.15. The van der Waals surface area contributed by atoms with Crippen molar-refractivity contribution in [2.45, 2.75) is 25.8 Å². The van der Waals surface area contributed by atoms with E-state index in [1.54, 1.807) is 6.07 Å². The zero-order valence-electron chi connectivity index (χ0n) is 8.44. The van der Waals surface area contributed by atoms with Crippen LogP contribution in [0, 0.1) is 15.9 Å². The van der Waals surface area contributed by atoms with Gasteiger partial charge < -0.3 is 5.73 Å². The minimum absolute atomic E-state index is 0.0362. The van der Waals surface area contributed by atoms with Gasteiger partial charge in [0.2, 0.25) is 5.82 Å². The summed E-state index contributed by atoms with van der Waals surface area (Å²) in [5.74, 6) is -0.801. The molecule has 0 bridgehead atoms. The van der Waals surface area contributed by atoms with E-state index in [4.69, 9.17) is 5.73 Å². The zero-order chi connectivity index (χ0) is 11.4. The molecule has 1 rings (SSSR count). The average Bonchev–Trinajstić information content (AvgIpc) is 2.16. The van der Waals surface area contributed by atoms with E-state index in [1.165, 1.54) is 6.07 Å². The van der Waals surface area contributed by atoms with Crippen LogP contribution in [0.3, 0.4) is 0 Å². The van der Waals surface area contributed by atoms with Crippen LogP contribution >= 0.6 is 0 Å². The summed E-state index contributed by atoms with van der Waals surface area (Å²) in [7, 11) is 0. The van der Waals surface area contributed by atoms with Gasteiger partial charge in [0.05, 0.1) is 4.92 Å². The van der Waals surface area contributed by atoms with Gasteiger partial charge in [0.1, 0.15) is 0 Å². The van der Waals surface area contributed by atoms with Crippen LogP contribution in [0.25, 0.3) is 0 Å². The van der Waals surface area contributed by atoms with Crippen LogP contribution in [-0.2, 0) is 6.42 Å². The molecule has 82 valence electrons. The number of hydrogen-bond donors (Lipinski definition) is 1. The first-order chi connectivity index (χ1) is 7.00. The number of rotatable bonds is 4. The largest absolute Gasteiger partial charge is 0.328 e. The first-order valence-electron chi connectivity index (χ1n) is 4.69. The molecule has 0 aliphatic heterocycles. The summed E-state index contributed by atoms with van der Waals surface area (Å²) in [6.07, 6.45) is 1.35. The molecule has 0 aliphatic carbocycles. The van der Waals surface area contributed by atoms with Gasteiger partial charge in [0.25, 0.3) is 0 Å². The summed E-state index contributed by atoms with van der Waals surface area (Å²) in [6.45, 7) is 1.86. The van der Waals surface area contributed by atoms with Gasteiger partial charge in [0, 0.05) is 12.1 Å². The number of halogens is 1. The van der Waals surface area contributed by atoms with E-state index in [0.717, 1.165) is 18.1 Å². The second-order valence-electron chi connectivity index (χ2n) is 3.56. The first-order valence-corrected chi connectivity index (χ1v) is 4.69. The van der Waals surface area contributed by atoms with E-state index < -0.39 is 16.4 Å². The molecule has 0 heterocycles. The van der Waals surface area contributed by atoms with Crippen molar-refractivity contribution in [2.75, 3.05) is 0 Å². The summed E-state index contributed by atoms with van der Waals surface area (Å²) in [5.41, 5.74) is 5.82. The number of hydrogen-bond acceptors (Lipinski definition) is 3. The maximum Gasteiger partial charge on any atom is 0.305 e. The molecular weight excluding hydrogens is 199 g/mol. The zero-order valence-corrected chi connectivity index (χ0v) is 8.44. The van der Waals surface area contributed by atoms with Crippen molar-refractivity contribution >= 4 is 5.69 Å². The van der Waals surface area contributed by atoms with Crippen molar-refractivity contribution in [1.82, 2.24) is 0 Å². The Bertz CT molecular complexity index is 366. The average molecular weight is 212 g/mol. The van der Waals surface area contributed by atoms with Gasteiger partial charge in [-0.15, -0.1) is 0 Å². The third kappa shape index (κ3) is 3.28. The highest BCUT2D eigenvalue weighted by molar-refractivity contribution is 5.36. The highest BCUT2D eigenvalue weighted by atomic mass is 19.1. The van der Waals surface area contributed by atoms with Gasteiger partial charge in [-0.25, -0.2) is 0 Å². The highest BCUT2D eigenvalue weighted by Gasteiger charge is 2.14. The van der Waals surface area contributed by atoms with Crippen molar-refractivity contribution in [1.29, 1.82) is 0 Å². The van der Waals surface area contributed by atoms with Gasteiger partial charge in [-0.2, -0.15) is 4.39 Å². The molecule has 0 spiro atoms. The first kappa shape index (κ1) is 11.6. The molecule has 0 saturated carbocycles. The highest BCUT2D eigenvalue weighted by Crippen LogP contribution is 2.19. The minimum atomic E-state index is -0.801. The summed E-state index contributed by atoms with van der Waals surface area (Å²) in [4.78, 5) is 9.74. The SMILES string of the molecule is CC(N)CCc1ccc(F)c([N+](=O)[O-])c1. The molecule has 4 nitrogen and oxygen atoms in total. The lowest BCUT2D eigenvalue weighted by molar-refractivity contribution is -0.387. The summed E-state index contributed by atoms with van der Waals surface area (Å²) in [5, 5.41) is 10.5. The van der Waals surface area contributed by atoms with E-state index in [-0.39, 0.29) is 6.04 Å². The lowest BCUT2D eigenvalue weighted by Gasteiger charge is -2.04. The Labute approximate surface area is 87.0 Å². The Morgan fingerprint density at radius 3 is 2.80 bits per heavy atom. The predicted octanol–water partition coefficient (Wildman–Crippen LogP) is 2.01. The van der Waals surface area contributed by atoms with Gasteiger partial charge in [0.15, 0.2) is 0 Å². The van der Waals surface area contributed by atoms with Crippen LogP contribution in [0.4, 0.5) is 10.1 Å². The van der Waals surface area contributed by atoms with Gasteiger partial charge in [-0.3, -0.25) is 10.1 Å². The molecule has 1 aromatic carbocycles. The number of nitrogens with zero attached hydrogens (tertiary/aromatic N) is 1. The fourth-order valence-electron chi connectivity index (χ4n) is 1.25. The quantitative estimate of drug-likeness (QED) is 0.613. The topological polar surface area (TPSA) is 69.2 Å². The Kier molecular flexibility index (Phi) is 3.74. The second kappa shape index (κ2) is 4.84. The van der Waals surface area contributed by atoms with E-state index in [2.05, 4.69) is 0 Å². The molecule has 0 aliphatic rings. The Morgan fingerprint density at radius 1 is 1.60 bits per heavy atom. The molecule has 0 radical (unpaired) electrons. The number of nitro groups is 1. The molecule has 1 atom stereocenters. The van der Waals surface area contributed by atoms with E-state index in [0.29, 0.717) is 6.42 Å². The number of nitro benzene ring substituents is 1. The number of aryl methyl sites for hydroxylation is 1. The number of benzene rings is 1. The predicted molar refractivity (Wildman–Crippen MR) is 55.0 cm³/mol. The van der Waals surface area contributed by atoms with Crippen LogP contribution in [0.1, 0.15) is 18.9 Å². The van der Waals surface area contributed by atoms with Crippen LogP contribution in [0.15, 0.2) is 18.2 Å².